The van der Waals surface area contributed by atoms with Gasteiger partial charge in [0.05, 0.1) is 17.4 Å². The largest absolute Gasteiger partial charge is 0.386 e. The van der Waals surface area contributed by atoms with E-state index in [0.717, 1.165) is 12.1 Å². The van der Waals surface area contributed by atoms with E-state index in [1.807, 2.05) is 6.92 Å². The number of rotatable bonds is 5. The van der Waals surface area contributed by atoms with E-state index in [1.54, 1.807) is 36.8 Å². The number of hydrogen-bond donors (Lipinski definition) is 2. The van der Waals surface area contributed by atoms with Crippen molar-refractivity contribution >= 4 is 22.9 Å². The van der Waals surface area contributed by atoms with Crippen LogP contribution in [0.5, 0.6) is 0 Å². The number of aryl methyl sites for hydroxylation is 1. The Labute approximate surface area is 123 Å². The lowest BCUT2D eigenvalue weighted by Crippen LogP contribution is -2.34. The normalized spacial score (nSPS) is 11.9. The zero-order valence-electron chi connectivity index (χ0n) is 11.9. The molecule has 2 heterocycles. The summed E-state index contributed by atoms with van der Waals surface area (Å²) in [6.45, 7) is 4.11. The molecule has 20 heavy (non-hydrogen) atoms. The number of carbonyl (C=O) groups is 1. The van der Waals surface area contributed by atoms with Crippen LogP contribution in [-0.4, -0.2) is 24.0 Å². The molecular formula is C15H19N3OS. The third-order valence-electron chi connectivity index (χ3n) is 3.02. The van der Waals surface area contributed by atoms with Crippen molar-refractivity contribution in [2.24, 2.45) is 0 Å². The van der Waals surface area contributed by atoms with E-state index in [-0.39, 0.29) is 11.9 Å². The molecule has 0 saturated heterocycles. The second-order valence-electron chi connectivity index (χ2n) is 4.76. The van der Waals surface area contributed by atoms with E-state index in [2.05, 4.69) is 34.7 Å². The first-order valence-electron chi connectivity index (χ1n) is 6.58. The zero-order chi connectivity index (χ0) is 14.5. The van der Waals surface area contributed by atoms with Gasteiger partial charge in [-0.05, 0) is 32.0 Å². The van der Waals surface area contributed by atoms with Crippen LogP contribution in [-0.2, 0) is 6.42 Å². The number of amides is 1. The summed E-state index contributed by atoms with van der Waals surface area (Å²) >= 11 is 1.77. The summed E-state index contributed by atoms with van der Waals surface area (Å²) in [5.74, 6) is -0.0717. The van der Waals surface area contributed by atoms with Crippen LogP contribution in [0.3, 0.4) is 0 Å². The van der Waals surface area contributed by atoms with E-state index in [1.165, 1.54) is 9.75 Å². The molecule has 106 valence electrons. The molecule has 1 amide bonds. The number of pyridine rings is 1. The molecule has 2 rings (SSSR count). The molecule has 2 aromatic heterocycles. The number of nitrogens with zero attached hydrogens (tertiary/aromatic N) is 1. The second-order valence-corrected chi connectivity index (χ2v) is 6.13. The molecule has 0 aliphatic carbocycles. The Kier molecular flexibility index (Phi) is 4.74. The highest BCUT2D eigenvalue weighted by atomic mass is 32.1. The molecule has 1 unspecified atom stereocenters. The lowest BCUT2D eigenvalue weighted by Gasteiger charge is -2.14. The van der Waals surface area contributed by atoms with Gasteiger partial charge >= 0.3 is 0 Å². The van der Waals surface area contributed by atoms with E-state index < -0.39 is 0 Å². The fraction of sp³-hybridized carbons (Fsp3) is 0.333. The minimum atomic E-state index is -0.0717. The van der Waals surface area contributed by atoms with Crippen LogP contribution in [0, 0.1) is 6.92 Å². The molecule has 2 aromatic rings. The fourth-order valence-electron chi connectivity index (χ4n) is 2.04. The number of anilines is 1. The number of thiophene rings is 1. The topological polar surface area (TPSA) is 54.0 Å². The first-order chi connectivity index (χ1) is 9.60. The average Bonchev–Trinajstić information content (AvgIpc) is 2.83. The molecule has 2 N–H and O–H groups in total. The fourth-order valence-corrected chi connectivity index (χ4v) is 3.06. The van der Waals surface area contributed by atoms with Gasteiger partial charge in [-0.15, -0.1) is 11.3 Å². The van der Waals surface area contributed by atoms with Crippen molar-refractivity contribution in [2.45, 2.75) is 26.3 Å². The van der Waals surface area contributed by atoms with Crippen molar-refractivity contribution in [3.63, 3.8) is 0 Å². The number of aromatic nitrogens is 1. The van der Waals surface area contributed by atoms with E-state index in [4.69, 9.17) is 0 Å². The van der Waals surface area contributed by atoms with Crippen LogP contribution in [0.25, 0.3) is 0 Å². The van der Waals surface area contributed by atoms with Gasteiger partial charge in [-0.2, -0.15) is 0 Å². The molecule has 0 aliphatic rings. The molecule has 0 radical (unpaired) electrons. The summed E-state index contributed by atoms with van der Waals surface area (Å²) in [6, 6.07) is 6.05. The van der Waals surface area contributed by atoms with Crippen LogP contribution >= 0.6 is 11.3 Å². The van der Waals surface area contributed by atoms with Crippen molar-refractivity contribution < 1.29 is 4.79 Å². The van der Waals surface area contributed by atoms with E-state index >= 15 is 0 Å². The monoisotopic (exact) mass is 289 g/mol. The molecule has 0 spiro atoms. The predicted molar refractivity (Wildman–Crippen MR) is 83.5 cm³/mol. The zero-order valence-corrected chi connectivity index (χ0v) is 12.8. The van der Waals surface area contributed by atoms with Gasteiger partial charge in [0.25, 0.3) is 5.91 Å². The SMILES string of the molecule is CNc1cnccc1C(=O)NC(C)Cc1ccc(C)s1. The quantitative estimate of drug-likeness (QED) is 0.890. The highest BCUT2D eigenvalue weighted by Crippen LogP contribution is 2.17. The summed E-state index contributed by atoms with van der Waals surface area (Å²) < 4.78 is 0. The van der Waals surface area contributed by atoms with Gasteiger partial charge in [-0.25, -0.2) is 0 Å². The molecule has 0 aromatic carbocycles. The molecule has 0 fully saturated rings. The van der Waals surface area contributed by atoms with Gasteiger partial charge in [-0.1, -0.05) is 0 Å². The average molecular weight is 289 g/mol. The van der Waals surface area contributed by atoms with Crippen LogP contribution in [0.15, 0.2) is 30.6 Å². The van der Waals surface area contributed by atoms with Gasteiger partial charge in [0.1, 0.15) is 0 Å². The third kappa shape index (κ3) is 3.57. The summed E-state index contributed by atoms with van der Waals surface area (Å²) in [7, 11) is 1.78. The van der Waals surface area contributed by atoms with Crippen LogP contribution in [0.1, 0.15) is 27.0 Å². The molecule has 1 atom stereocenters. The maximum atomic E-state index is 12.3. The summed E-state index contributed by atoms with van der Waals surface area (Å²) in [5.41, 5.74) is 1.36. The highest BCUT2D eigenvalue weighted by Gasteiger charge is 2.14. The first-order valence-corrected chi connectivity index (χ1v) is 7.39. The smallest absolute Gasteiger partial charge is 0.253 e. The van der Waals surface area contributed by atoms with Crippen LogP contribution in [0.4, 0.5) is 5.69 Å². The van der Waals surface area contributed by atoms with Gasteiger partial charge < -0.3 is 10.6 Å². The highest BCUT2D eigenvalue weighted by molar-refractivity contribution is 7.11. The molecule has 4 nitrogen and oxygen atoms in total. The lowest BCUT2D eigenvalue weighted by molar-refractivity contribution is 0.0941. The minimum absolute atomic E-state index is 0.0717. The van der Waals surface area contributed by atoms with Crippen molar-refractivity contribution in [3.8, 4) is 0 Å². The Bertz CT molecular complexity index is 594. The summed E-state index contributed by atoms with van der Waals surface area (Å²) in [5, 5.41) is 6.01. The van der Waals surface area contributed by atoms with Crippen molar-refractivity contribution in [2.75, 3.05) is 12.4 Å². The van der Waals surface area contributed by atoms with Gasteiger partial charge in [0.2, 0.25) is 0 Å². The van der Waals surface area contributed by atoms with Crippen molar-refractivity contribution in [1.82, 2.24) is 10.3 Å². The molecular weight excluding hydrogens is 270 g/mol. The van der Waals surface area contributed by atoms with E-state index in [0.29, 0.717) is 5.56 Å². The summed E-state index contributed by atoms with van der Waals surface area (Å²) in [4.78, 5) is 18.8. The Morgan fingerprint density at radius 3 is 2.85 bits per heavy atom. The maximum Gasteiger partial charge on any atom is 0.253 e. The summed E-state index contributed by atoms with van der Waals surface area (Å²) in [6.07, 6.45) is 4.13. The predicted octanol–water partition coefficient (Wildman–Crippen LogP) is 2.85. The second kappa shape index (κ2) is 6.52. The molecule has 0 saturated carbocycles. The number of nitrogens with one attached hydrogen (secondary N) is 2. The van der Waals surface area contributed by atoms with Gasteiger partial charge in [-0.3, -0.25) is 9.78 Å². The standard InChI is InChI=1S/C15H19N3OS/c1-10(8-12-5-4-11(2)20-12)18-15(19)13-6-7-17-9-14(13)16-3/h4-7,9-10,16H,8H2,1-3H3,(H,18,19). The lowest BCUT2D eigenvalue weighted by atomic mass is 10.1. The van der Waals surface area contributed by atoms with Crippen LogP contribution < -0.4 is 10.6 Å². The maximum absolute atomic E-state index is 12.3. The Morgan fingerprint density at radius 1 is 1.40 bits per heavy atom. The Balaban J connectivity index is 2.00. The third-order valence-corrected chi connectivity index (χ3v) is 4.04. The number of carbonyl (C=O) groups excluding carboxylic acids is 1. The Morgan fingerprint density at radius 2 is 2.20 bits per heavy atom. The Hall–Kier alpha value is -1.88. The van der Waals surface area contributed by atoms with Crippen molar-refractivity contribution in [1.29, 1.82) is 0 Å². The van der Waals surface area contributed by atoms with Gasteiger partial charge in [0.15, 0.2) is 0 Å². The molecule has 5 heteroatoms. The molecule has 0 aliphatic heterocycles. The first kappa shape index (κ1) is 14.5. The minimum Gasteiger partial charge on any atom is -0.386 e. The van der Waals surface area contributed by atoms with Crippen molar-refractivity contribution in [3.05, 3.63) is 45.9 Å². The number of hydrogen-bond acceptors (Lipinski definition) is 4. The van der Waals surface area contributed by atoms with Gasteiger partial charge in [0, 0.05) is 35.5 Å². The molecule has 0 bridgehead atoms. The van der Waals surface area contributed by atoms with E-state index in [9.17, 15) is 4.79 Å². The van der Waals surface area contributed by atoms with Crippen LogP contribution in [0.2, 0.25) is 0 Å².